The SMILES string of the molecule is c1ccc(-c2cc(-c3ccccc3)cc([Si](c3ccccc3)(c3ccccc3)c3cccc4c3C3c5ccccc5C4c4cccc(-c5cccc6c5sc5ccccc56)c43)c2)cc1. The third kappa shape index (κ3) is 5.53. The highest BCUT2D eigenvalue weighted by Crippen LogP contribution is 2.58. The molecule has 3 aliphatic carbocycles. The number of hydrogen-bond donors (Lipinski definition) is 0. The smallest absolute Gasteiger partial charge is 0.135 e. The monoisotopic (exact) mass is 846 g/mol. The molecule has 1 heterocycles. The van der Waals surface area contributed by atoms with Gasteiger partial charge in [0.25, 0.3) is 0 Å². The summed E-state index contributed by atoms with van der Waals surface area (Å²) in [5.41, 5.74) is 16.3. The Bertz CT molecular complexity index is 3460. The van der Waals surface area contributed by atoms with Crippen LogP contribution in [0.4, 0.5) is 0 Å². The summed E-state index contributed by atoms with van der Waals surface area (Å²) in [7, 11) is -3.15. The van der Waals surface area contributed by atoms with E-state index in [0.29, 0.717) is 0 Å². The second kappa shape index (κ2) is 14.9. The predicted octanol–water partition coefficient (Wildman–Crippen LogP) is 13.4. The van der Waals surface area contributed by atoms with Gasteiger partial charge < -0.3 is 0 Å². The first kappa shape index (κ1) is 37.2. The van der Waals surface area contributed by atoms with E-state index in [-0.39, 0.29) is 11.8 Å². The molecule has 10 aromatic carbocycles. The van der Waals surface area contributed by atoms with Gasteiger partial charge in [-0.25, -0.2) is 0 Å². The molecule has 300 valence electrons. The Kier molecular flexibility index (Phi) is 8.65. The fourth-order valence-electron chi connectivity index (χ4n) is 11.6. The van der Waals surface area contributed by atoms with Gasteiger partial charge in [0.15, 0.2) is 8.07 Å². The highest BCUT2D eigenvalue weighted by molar-refractivity contribution is 7.26. The quantitative estimate of drug-likeness (QED) is 0.111. The van der Waals surface area contributed by atoms with Crippen molar-refractivity contribution in [3.05, 3.63) is 276 Å². The predicted molar refractivity (Wildman–Crippen MR) is 274 cm³/mol. The van der Waals surface area contributed by atoms with Crippen LogP contribution in [0.15, 0.2) is 243 Å². The molecule has 0 fully saturated rings. The average Bonchev–Trinajstić information content (AvgIpc) is 3.77. The first-order chi connectivity index (χ1) is 31.8. The van der Waals surface area contributed by atoms with Gasteiger partial charge >= 0.3 is 0 Å². The summed E-state index contributed by atoms with van der Waals surface area (Å²) in [6.07, 6.45) is 0. The Labute approximate surface area is 379 Å². The van der Waals surface area contributed by atoms with E-state index in [1.165, 1.54) is 108 Å². The molecule has 0 saturated heterocycles. The summed E-state index contributed by atoms with van der Waals surface area (Å²) < 4.78 is 2.70. The van der Waals surface area contributed by atoms with E-state index in [1.807, 2.05) is 11.3 Å². The summed E-state index contributed by atoms with van der Waals surface area (Å²) >= 11 is 1.93. The van der Waals surface area contributed by atoms with E-state index in [1.54, 1.807) is 0 Å². The maximum Gasteiger partial charge on any atom is 0.179 e. The van der Waals surface area contributed by atoms with E-state index in [9.17, 15) is 0 Å². The van der Waals surface area contributed by atoms with Gasteiger partial charge in [0.05, 0.1) is 0 Å². The molecule has 0 saturated carbocycles. The van der Waals surface area contributed by atoms with Crippen LogP contribution in [-0.2, 0) is 0 Å². The van der Waals surface area contributed by atoms with Crippen LogP contribution in [0.3, 0.4) is 0 Å². The van der Waals surface area contributed by atoms with Crippen molar-refractivity contribution in [3.63, 3.8) is 0 Å². The zero-order chi connectivity index (χ0) is 42.2. The minimum Gasteiger partial charge on any atom is -0.135 e. The molecular formula is C62H42SSi. The summed E-state index contributed by atoms with van der Waals surface area (Å²) in [5.74, 6) is 0.148. The number of fused-ring (bicyclic) bond motifs is 3. The maximum atomic E-state index is 2.55. The van der Waals surface area contributed by atoms with Crippen LogP contribution in [0.5, 0.6) is 0 Å². The number of rotatable bonds is 7. The van der Waals surface area contributed by atoms with E-state index in [4.69, 9.17) is 0 Å². The molecule has 0 amide bonds. The zero-order valence-corrected chi connectivity index (χ0v) is 37.0. The van der Waals surface area contributed by atoms with Crippen molar-refractivity contribution in [2.24, 2.45) is 0 Å². The molecule has 0 aliphatic heterocycles. The van der Waals surface area contributed by atoms with E-state index in [0.717, 1.165) is 0 Å². The van der Waals surface area contributed by atoms with Gasteiger partial charge in [0.2, 0.25) is 0 Å². The summed E-state index contributed by atoms with van der Waals surface area (Å²) in [5, 5.41) is 8.30. The Hall–Kier alpha value is -7.36. The van der Waals surface area contributed by atoms with Crippen molar-refractivity contribution < 1.29 is 0 Å². The topological polar surface area (TPSA) is 0 Å². The lowest BCUT2D eigenvalue weighted by molar-refractivity contribution is 0.760. The van der Waals surface area contributed by atoms with E-state index >= 15 is 0 Å². The van der Waals surface area contributed by atoms with Crippen molar-refractivity contribution >= 4 is 60.3 Å². The third-order valence-electron chi connectivity index (χ3n) is 14.2. The van der Waals surface area contributed by atoms with Gasteiger partial charge in [0, 0.05) is 32.0 Å². The third-order valence-corrected chi connectivity index (χ3v) is 20.2. The molecule has 2 heteroatoms. The zero-order valence-electron chi connectivity index (χ0n) is 35.2. The summed E-state index contributed by atoms with van der Waals surface area (Å²) in [6, 6.07) is 92.3. The molecule has 0 radical (unpaired) electrons. The Morgan fingerprint density at radius 1 is 0.312 bits per heavy atom. The van der Waals surface area contributed by atoms with Crippen LogP contribution in [0.2, 0.25) is 0 Å². The largest absolute Gasteiger partial charge is 0.179 e. The molecule has 2 unspecified atom stereocenters. The Balaban J connectivity index is 1.16. The normalized spacial score (nSPS) is 14.9. The average molecular weight is 847 g/mol. The Morgan fingerprint density at radius 2 is 0.797 bits per heavy atom. The minimum atomic E-state index is -3.15. The lowest BCUT2D eigenvalue weighted by Gasteiger charge is -2.47. The van der Waals surface area contributed by atoms with Gasteiger partial charge in [-0.2, -0.15) is 0 Å². The minimum absolute atomic E-state index is 0.0356. The fourth-order valence-corrected chi connectivity index (χ4v) is 17.9. The number of hydrogen-bond acceptors (Lipinski definition) is 1. The molecule has 3 aliphatic rings. The summed E-state index contributed by atoms with van der Waals surface area (Å²) in [6.45, 7) is 0. The van der Waals surface area contributed by atoms with E-state index < -0.39 is 8.07 Å². The van der Waals surface area contributed by atoms with Crippen LogP contribution in [0.1, 0.15) is 45.2 Å². The molecular weight excluding hydrogens is 805 g/mol. The molecule has 11 aromatic rings. The van der Waals surface area contributed by atoms with Gasteiger partial charge in [0.1, 0.15) is 0 Å². The van der Waals surface area contributed by atoms with Crippen molar-refractivity contribution in [3.8, 4) is 33.4 Å². The maximum absolute atomic E-state index is 3.15. The number of benzene rings is 10. The van der Waals surface area contributed by atoms with Gasteiger partial charge in [-0.1, -0.05) is 231 Å². The van der Waals surface area contributed by atoms with Crippen LogP contribution in [0.25, 0.3) is 53.6 Å². The van der Waals surface area contributed by atoms with Gasteiger partial charge in [-0.15, -0.1) is 11.3 Å². The molecule has 64 heavy (non-hydrogen) atoms. The second-order valence-electron chi connectivity index (χ2n) is 17.4. The van der Waals surface area contributed by atoms with Crippen molar-refractivity contribution in [2.75, 3.05) is 0 Å². The highest BCUT2D eigenvalue weighted by Gasteiger charge is 2.50. The fraction of sp³-hybridized carbons (Fsp3) is 0.0323. The van der Waals surface area contributed by atoms with E-state index in [2.05, 4.69) is 243 Å². The van der Waals surface area contributed by atoms with Crippen LogP contribution in [-0.4, -0.2) is 8.07 Å². The van der Waals surface area contributed by atoms with Crippen molar-refractivity contribution in [1.82, 2.24) is 0 Å². The Morgan fingerprint density at radius 3 is 1.45 bits per heavy atom. The summed E-state index contributed by atoms with van der Waals surface area (Å²) in [4.78, 5) is 0. The molecule has 0 N–H and O–H groups in total. The van der Waals surface area contributed by atoms with Gasteiger partial charge in [-0.3, -0.25) is 0 Å². The standard InChI is InChI=1S/C62H42SSi/c1-5-20-41(21-6-1)43-38-44(42-22-7-2-8-23-42)40-47(39-43)64(45-24-9-3-10-25-45,46-26-11-4-12-27-46)57-37-19-35-55-58-49-29-13-14-30-50(49)61(60(55)57)59-51(31-17-34-54(58)59)53-33-18-32-52-48-28-15-16-36-56(48)63-62(52)53/h1-40,58,61H. The first-order valence-corrected chi connectivity index (χ1v) is 25.2. The molecule has 2 atom stereocenters. The molecule has 0 nitrogen and oxygen atoms in total. The molecule has 1 aromatic heterocycles. The van der Waals surface area contributed by atoms with Crippen LogP contribution in [0, 0.1) is 0 Å². The molecule has 0 spiro atoms. The molecule has 2 bridgehead atoms. The number of thiophene rings is 1. The second-order valence-corrected chi connectivity index (χ2v) is 22.2. The lowest BCUT2D eigenvalue weighted by Crippen LogP contribution is -2.75. The van der Waals surface area contributed by atoms with Crippen molar-refractivity contribution in [2.45, 2.75) is 11.8 Å². The highest BCUT2D eigenvalue weighted by atomic mass is 32.1. The van der Waals surface area contributed by atoms with Crippen LogP contribution >= 0.6 is 11.3 Å². The van der Waals surface area contributed by atoms with Crippen molar-refractivity contribution in [1.29, 1.82) is 0 Å². The first-order valence-electron chi connectivity index (χ1n) is 22.4. The lowest BCUT2D eigenvalue weighted by atomic mass is 9.60. The molecule has 14 rings (SSSR count). The van der Waals surface area contributed by atoms with Crippen LogP contribution < -0.4 is 20.7 Å². The van der Waals surface area contributed by atoms with Gasteiger partial charge in [-0.05, 0) is 99.6 Å².